The second kappa shape index (κ2) is 6.75. The van der Waals surface area contributed by atoms with Crippen molar-refractivity contribution in [3.05, 3.63) is 71.3 Å². The summed E-state index contributed by atoms with van der Waals surface area (Å²) in [6, 6.07) is 17.6. The summed E-state index contributed by atoms with van der Waals surface area (Å²) in [6.07, 6.45) is 0.277. The molecule has 0 saturated carbocycles. The molecule has 1 unspecified atom stereocenters. The van der Waals surface area contributed by atoms with Crippen LogP contribution < -0.4 is 11.1 Å². The highest BCUT2D eigenvalue weighted by Gasteiger charge is 2.24. The van der Waals surface area contributed by atoms with E-state index >= 15 is 0 Å². The maximum Gasteiger partial charge on any atom is 0.222 e. The fraction of sp³-hybridized carbons (Fsp3) is 0.316. The van der Waals surface area contributed by atoms with Gasteiger partial charge in [-0.25, -0.2) is 0 Å². The summed E-state index contributed by atoms with van der Waals surface area (Å²) in [5.41, 5.74) is 8.95. The highest BCUT2D eigenvalue weighted by atomic mass is 16.1. The molecule has 0 bridgehead atoms. The predicted molar refractivity (Wildman–Crippen MR) is 90.3 cm³/mol. The van der Waals surface area contributed by atoms with Gasteiger partial charge < -0.3 is 11.1 Å². The summed E-state index contributed by atoms with van der Waals surface area (Å²) in [7, 11) is 0. The van der Waals surface area contributed by atoms with E-state index in [0.717, 1.165) is 11.1 Å². The molecule has 0 spiro atoms. The number of nitrogens with two attached hydrogens (primary N) is 1. The zero-order valence-electron chi connectivity index (χ0n) is 13.5. The Balaban J connectivity index is 2.02. The lowest BCUT2D eigenvalue weighted by molar-refractivity contribution is -0.123. The van der Waals surface area contributed by atoms with Gasteiger partial charge in [0.2, 0.25) is 5.91 Å². The fourth-order valence-corrected chi connectivity index (χ4v) is 2.52. The van der Waals surface area contributed by atoms with E-state index in [9.17, 15) is 4.79 Å². The Morgan fingerprint density at radius 3 is 2.45 bits per heavy atom. The minimum atomic E-state index is -0.417. The third-order valence-electron chi connectivity index (χ3n) is 3.82. The number of carbonyl (C=O) groups is 1. The largest absolute Gasteiger partial charge is 0.347 e. The van der Waals surface area contributed by atoms with Crippen LogP contribution in [0.5, 0.6) is 0 Å². The van der Waals surface area contributed by atoms with E-state index in [1.54, 1.807) is 0 Å². The molecule has 0 aromatic heterocycles. The Kier molecular flexibility index (Phi) is 4.99. The van der Waals surface area contributed by atoms with Crippen molar-refractivity contribution in [2.75, 3.05) is 0 Å². The minimum Gasteiger partial charge on any atom is -0.347 e. The summed E-state index contributed by atoms with van der Waals surface area (Å²) in [5, 5.41) is 3.08. The Labute approximate surface area is 132 Å². The minimum absolute atomic E-state index is 0.0390. The fourth-order valence-electron chi connectivity index (χ4n) is 2.52. The molecule has 0 aliphatic rings. The van der Waals surface area contributed by atoms with E-state index in [-0.39, 0.29) is 18.4 Å². The number of benzene rings is 2. The van der Waals surface area contributed by atoms with Crippen LogP contribution in [0.15, 0.2) is 54.6 Å². The van der Waals surface area contributed by atoms with Crippen molar-refractivity contribution < 1.29 is 4.79 Å². The summed E-state index contributed by atoms with van der Waals surface area (Å²) in [5.74, 6) is -0.0390. The van der Waals surface area contributed by atoms with Gasteiger partial charge in [-0.2, -0.15) is 0 Å². The Bertz CT molecular complexity index is 635. The van der Waals surface area contributed by atoms with Crippen LogP contribution in [0.3, 0.4) is 0 Å². The van der Waals surface area contributed by atoms with Gasteiger partial charge >= 0.3 is 0 Å². The molecule has 3 nitrogen and oxygen atoms in total. The van der Waals surface area contributed by atoms with Crippen LogP contribution >= 0.6 is 0 Å². The molecule has 0 fully saturated rings. The van der Waals surface area contributed by atoms with Gasteiger partial charge in [-0.1, -0.05) is 60.2 Å². The molecule has 2 rings (SSSR count). The second-order valence-electron chi connectivity index (χ2n) is 6.26. The molecule has 3 N–H and O–H groups in total. The van der Waals surface area contributed by atoms with Gasteiger partial charge in [-0.3, -0.25) is 4.79 Å². The smallest absolute Gasteiger partial charge is 0.222 e. The third kappa shape index (κ3) is 4.18. The zero-order valence-corrected chi connectivity index (χ0v) is 13.5. The lowest BCUT2D eigenvalue weighted by Gasteiger charge is -2.28. The highest BCUT2D eigenvalue weighted by molar-refractivity contribution is 5.77. The first-order valence-corrected chi connectivity index (χ1v) is 7.57. The van der Waals surface area contributed by atoms with E-state index in [1.165, 1.54) is 5.56 Å². The van der Waals surface area contributed by atoms with E-state index in [1.807, 2.05) is 69.3 Å². The predicted octanol–water partition coefficient (Wildman–Crippen LogP) is 3.44. The van der Waals surface area contributed by atoms with E-state index in [4.69, 9.17) is 5.73 Å². The Hall–Kier alpha value is -2.13. The van der Waals surface area contributed by atoms with E-state index < -0.39 is 5.54 Å². The lowest BCUT2D eigenvalue weighted by atomic mass is 9.92. The van der Waals surface area contributed by atoms with Gasteiger partial charge in [0, 0.05) is 12.5 Å². The highest BCUT2D eigenvalue weighted by Crippen LogP contribution is 2.22. The SMILES string of the molecule is Cc1cccc(C(C)(C)NC(=O)CC(N)c2ccccc2)c1. The number of rotatable bonds is 5. The average Bonchev–Trinajstić information content (AvgIpc) is 2.47. The van der Waals surface area contributed by atoms with Crippen LogP contribution in [-0.2, 0) is 10.3 Å². The monoisotopic (exact) mass is 296 g/mol. The molecule has 1 atom stereocenters. The van der Waals surface area contributed by atoms with Gasteiger partial charge in [-0.05, 0) is 31.9 Å². The molecule has 116 valence electrons. The summed E-state index contributed by atoms with van der Waals surface area (Å²) in [4.78, 5) is 12.3. The van der Waals surface area contributed by atoms with Crippen molar-refractivity contribution in [3.63, 3.8) is 0 Å². The van der Waals surface area contributed by atoms with Crippen molar-refractivity contribution in [1.82, 2.24) is 5.32 Å². The first-order chi connectivity index (χ1) is 10.4. The topological polar surface area (TPSA) is 55.1 Å². The van der Waals surface area contributed by atoms with E-state index in [2.05, 4.69) is 11.4 Å². The van der Waals surface area contributed by atoms with Crippen molar-refractivity contribution in [2.24, 2.45) is 5.73 Å². The van der Waals surface area contributed by atoms with Crippen molar-refractivity contribution in [1.29, 1.82) is 0 Å². The van der Waals surface area contributed by atoms with Gasteiger partial charge in [0.1, 0.15) is 0 Å². The van der Waals surface area contributed by atoms with E-state index in [0.29, 0.717) is 0 Å². The van der Waals surface area contributed by atoms with Gasteiger partial charge in [0.15, 0.2) is 0 Å². The molecule has 2 aromatic rings. The number of aryl methyl sites for hydroxylation is 1. The van der Waals surface area contributed by atoms with Crippen LogP contribution in [0.2, 0.25) is 0 Å². The molecule has 2 aromatic carbocycles. The Morgan fingerprint density at radius 2 is 1.82 bits per heavy atom. The zero-order chi connectivity index (χ0) is 16.2. The van der Waals surface area contributed by atoms with Crippen LogP contribution in [0.25, 0.3) is 0 Å². The lowest BCUT2D eigenvalue weighted by Crippen LogP contribution is -2.42. The molecule has 0 radical (unpaired) electrons. The van der Waals surface area contributed by atoms with Crippen molar-refractivity contribution >= 4 is 5.91 Å². The maximum absolute atomic E-state index is 12.3. The second-order valence-corrected chi connectivity index (χ2v) is 6.26. The normalized spacial score (nSPS) is 12.7. The number of hydrogen-bond donors (Lipinski definition) is 2. The quantitative estimate of drug-likeness (QED) is 0.888. The molecule has 0 aliphatic carbocycles. The van der Waals surface area contributed by atoms with Gasteiger partial charge in [0.05, 0.1) is 5.54 Å². The first kappa shape index (κ1) is 16.2. The number of hydrogen-bond acceptors (Lipinski definition) is 2. The van der Waals surface area contributed by atoms with Crippen LogP contribution in [0, 0.1) is 6.92 Å². The van der Waals surface area contributed by atoms with Crippen molar-refractivity contribution in [2.45, 2.75) is 38.8 Å². The number of nitrogens with one attached hydrogen (secondary N) is 1. The third-order valence-corrected chi connectivity index (χ3v) is 3.82. The summed E-state index contributed by atoms with van der Waals surface area (Å²) in [6.45, 7) is 6.06. The van der Waals surface area contributed by atoms with Gasteiger partial charge in [0.25, 0.3) is 0 Å². The van der Waals surface area contributed by atoms with Crippen LogP contribution in [-0.4, -0.2) is 5.91 Å². The molecule has 3 heteroatoms. The average molecular weight is 296 g/mol. The number of carbonyl (C=O) groups excluding carboxylic acids is 1. The van der Waals surface area contributed by atoms with Gasteiger partial charge in [-0.15, -0.1) is 0 Å². The van der Waals surface area contributed by atoms with Crippen LogP contribution in [0.1, 0.15) is 43.0 Å². The van der Waals surface area contributed by atoms with Crippen LogP contribution in [0.4, 0.5) is 0 Å². The summed E-state index contributed by atoms with van der Waals surface area (Å²) < 4.78 is 0. The molecule has 0 aliphatic heterocycles. The summed E-state index contributed by atoms with van der Waals surface area (Å²) >= 11 is 0. The molecule has 22 heavy (non-hydrogen) atoms. The molecular formula is C19H24N2O. The Morgan fingerprint density at radius 1 is 1.14 bits per heavy atom. The molecular weight excluding hydrogens is 272 g/mol. The number of amides is 1. The molecule has 0 saturated heterocycles. The standard InChI is InChI=1S/C19H24N2O/c1-14-8-7-11-16(12-14)19(2,3)21-18(22)13-17(20)15-9-5-4-6-10-15/h4-12,17H,13,20H2,1-3H3,(H,21,22). The maximum atomic E-state index is 12.3. The molecule has 1 amide bonds. The first-order valence-electron chi connectivity index (χ1n) is 7.57. The molecule has 0 heterocycles. The van der Waals surface area contributed by atoms with Crippen molar-refractivity contribution in [3.8, 4) is 0 Å².